The van der Waals surface area contributed by atoms with Crippen molar-refractivity contribution in [3.05, 3.63) is 0 Å². The molecule has 2 rings (SSSR count). The number of ether oxygens (including phenoxy) is 1. The maximum atomic E-state index is 5.46. The first-order valence-corrected chi connectivity index (χ1v) is 6.50. The van der Waals surface area contributed by atoms with E-state index in [0.717, 1.165) is 13.1 Å². The Hall–Kier alpha value is -0.160. The molecule has 1 aliphatic heterocycles. The minimum absolute atomic E-state index is 0.471. The van der Waals surface area contributed by atoms with E-state index < -0.39 is 0 Å². The van der Waals surface area contributed by atoms with Gasteiger partial charge in [-0.05, 0) is 32.7 Å². The summed E-state index contributed by atoms with van der Waals surface area (Å²) < 4.78 is 5.46. The van der Waals surface area contributed by atoms with Gasteiger partial charge in [-0.15, -0.1) is 0 Å². The molecule has 4 heteroatoms. The molecule has 94 valence electrons. The molecule has 1 saturated heterocycles. The third-order valence-corrected chi connectivity index (χ3v) is 3.83. The van der Waals surface area contributed by atoms with Crippen LogP contribution in [-0.2, 0) is 4.74 Å². The van der Waals surface area contributed by atoms with Crippen LogP contribution >= 0.6 is 0 Å². The fourth-order valence-electron chi connectivity index (χ4n) is 2.67. The Morgan fingerprint density at radius 1 is 1.12 bits per heavy atom. The van der Waals surface area contributed by atoms with Crippen molar-refractivity contribution in [2.45, 2.75) is 37.8 Å². The lowest BCUT2D eigenvalue weighted by Crippen LogP contribution is -2.54. The molecule has 0 aromatic rings. The molecule has 0 spiro atoms. The lowest BCUT2D eigenvalue weighted by atomic mass is 9.93. The number of hydrogen-bond donors (Lipinski definition) is 1. The average Bonchev–Trinajstić information content (AvgIpc) is 2.32. The Morgan fingerprint density at radius 2 is 1.88 bits per heavy atom. The van der Waals surface area contributed by atoms with Gasteiger partial charge >= 0.3 is 0 Å². The third kappa shape index (κ3) is 3.42. The molecule has 0 bridgehead atoms. The molecular formula is C12H25N3O. The highest BCUT2D eigenvalue weighted by atomic mass is 16.5. The average molecular weight is 227 g/mol. The number of hydrazine groups is 1. The Morgan fingerprint density at radius 3 is 2.56 bits per heavy atom. The molecule has 1 saturated carbocycles. The number of nitrogens with one attached hydrogen (secondary N) is 1. The Labute approximate surface area is 98.9 Å². The largest absolute Gasteiger partial charge is 0.381 e. The fourth-order valence-corrected chi connectivity index (χ4v) is 2.67. The number of nitrogens with zero attached hydrogens (tertiary/aromatic N) is 2. The zero-order chi connectivity index (χ0) is 11.4. The van der Waals surface area contributed by atoms with E-state index in [1.807, 2.05) is 7.11 Å². The molecule has 2 unspecified atom stereocenters. The second-order valence-corrected chi connectivity index (χ2v) is 5.14. The van der Waals surface area contributed by atoms with E-state index in [-0.39, 0.29) is 0 Å². The summed E-state index contributed by atoms with van der Waals surface area (Å²) in [6, 6.07) is 0.627. The molecule has 2 fully saturated rings. The molecule has 2 atom stereocenters. The summed E-state index contributed by atoms with van der Waals surface area (Å²) in [5, 5.41) is 2.39. The van der Waals surface area contributed by atoms with Gasteiger partial charge in [0.15, 0.2) is 0 Å². The zero-order valence-electron chi connectivity index (χ0n) is 10.6. The van der Waals surface area contributed by atoms with Gasteiger partial charge in [0.05, 0.1) is 6.10 Å². The van der Waals surface area contributed by atoms with Crippen molar-refractivity contribution in [3.63, 3.8) is 0 Å². The third-order valence-electron chi connectivity index (χ3n) is 3.83. The molecule has 0 aromatic heterocycles. The summed E-state index contributed by atoms with van der Waals surface area (Å²) in [7, 11) is 4.03. The molecule has 0 amide bonds. The van der Waals surface area contributed by atoms with Gasteiger partial charge in [0.1, 0.15) is 0 Å². The van der Waals surface area contributed by atoms with Gasteiger partial charge < -0.3 is 9.64 Å². The normalized spacial score (nSPS) is 34.1. The zero-order valence-corrected chi connectivity index (χ0v) is 10.6. The highest BCUT2D eigenvalue weighted by Crippen LogP contribution is 2.21. The highest BCUT2D eigenvalue weighted by Gasteiger charge is 2.24. The van der Waals surface area contributed by atoms with Crippen LogP contribution in [0.25, 0.3) is 0 Å². The van der Waals surface area contributed by atoms with Crippen molar-refractivity contribution in [1.82, 2.24) is 15.3 Å². The molecular weight excluding hydrogens is 202 g/mol. The second kappa shape index (κ2) is 5.96. The van der Waals surface area contributed by atoms with E-state index >= 15 is 0 Å². The lowest BCUT2D eigenvalue weighted by molar-refractivity contribution is 0.0263. The summed E-state index contributed by atoms with van der Waals surface area (Å²) in [5.74, 6) is 0. The molecule has 1 N–H and O–H groups in total. The second-order valence-electron chi connectivity index (χ2n) is 5.14. The van der Waals surface area contributed by atoms with Gasteiger partial charge in [-0.3, -0.25) is 5.43 Å². The van der Waals surface area contributed by atoms with E-state index in [4.69, 9.17) is 4.74 Å². The van der Waals surface area contributed by atoms with E-state index in [2.05, 4.69) is 22.4 Å². The summed E-state index contributed by atoms with van der Waals surface area (Å²) in [5.41, 5.74) is 3.67. The van der Waals surface area contributed by atoms with E-state index in [1.54, 1.807) is 0 Å². The number of rotatable bonds is 3. The lowest BCUT2D eigenvalue weighted by Gasteiger charge is -2.37. The first-order valence-electron chi connectivity index (χ1n) is 6.50. The van der Waals surface area contributed by atoms with Crippen LogP contribution < -0.4 is 5.43 Å². The van der Waals surface area contributed by atoms with Crippen LogP contribution in [0.5, 0.6) is 0 Å². The first kappa shape index (κ1) is 12.3. The predicted molar refractivity (Wildman–Crippen MR) is 65.3 cm³/mol. The van der Waals surface area contributed by atoms with Gasteiger partial charge in [0.25, 0.3) is 0 Å². The van der Waals surface area contributed by atoms with Crippen molar-refractivity contribution in [1.29, 1.82) is 0 Å². The number of piperazine rings is 1. The first-order chi connectivity index (χ1) is 7.78. The number of methoxy groups -OCH3 is 1. The highest BCUT2D eigenvalue weighted by molar-refractivity contribution is 4.78. The van der Waals surface area contributed by atoms with Gasteiger partial charge in [0, 0.05) is 39.3 Å². The van der Waals surface area contributed by atoms with Crippen LogP contribution in [0.2, 0.25) is 0 Å². The Balaban J connectivity index is 1.72. The molecule has 4 nitrogen and oxygen atoms in total. The van der Waals surface area contributed by atoms with Crippen LogP contribution in [0.15, 0.2) is 0 Å². The van der Waals surface area contributed by atoms with Crippen LogP contribution in [0, 0.1) is 0 Å². The molecule has 1 heterocycles. The summed E-state index contributed by atoms with van der Waals surface area (Å²) >= 11 is 0. The quantitative estimate of drug-likeness (QED) is 0.768. The minimum atomic E-state index is 0.471. The molecule has 2 aliphatic rings. The minimum Gasteiger partial charge on any atom is -0.381 e. The summed E-state index contributed by atoms with van der Waals surface area (Å²) in [6.07, 6.45) is 5.47. The van der Waals surface area contributed by atoms with E-state index in [0.29, 0.717) is 12.1 Å². The smallest absolute Gasteiger partial charge is 0.0586 e. The van der Waals surface area contributed by atoms with Crippen molar-refractivity contribution in [2.24, 2.45) is 0 Å². The predicted octanol–water partition coefficient (Wildman–Crippen LogP) is 0.696. The number of likely N-dealkylation sites (N-methyl/N-ethyl adjacent to an activating group) is 1. The van der Waals surface area contributed by atoms with Gasteiger partial charge in [-0.25, -0.2) is 5.01 Å². The van der Waals surface area contributed by atoms with E-state index in [9.17, 15) is 0 Å². The van der Waals surface area contributed by atoms with Crippen molar-refractivity contribution < 1.29 is 4.74 Å². The molecule has 1 aliphatic carbocycles. The fraction of sp³-hybridized carbons (Fsp3) is 1.00. The SMILES string of the molecule is COC1CCCC(NN2CCN(C)CC2)C1. The molecule has 0 aromatic carbocycles. The maximum Gasteiger partial charge on any atom is 0.0586 e. The monoisotopic (exact) mass is 227 g/mol. The van der Waals surface area contributed by atoms with Crippen LogP contribution in [0.1, 0.15) is 25.7 Å². The van der Waals surface area contributed by atoms with Crippen LogP contribution in [-0.4, -0.2) is 62.4 Å². The molecule has 0 radical (unpaired) electrons. The van der Waals surface area contributed by atoms with Crippen molar-refractivity contribution in [3.8, 4) is 0 Å². The van der Waals surface area contributed by atoms with Crippen molar-refractivity contribution in [2.75, 3.05) is 40.3 Å². The van der Waals surface area contributed by atoms with Gasteiger partial charge in [0.2, 0.25) is 0 Å². The van der Waals surface area contributed by atoms with Crippen LogP contribution in [0.4, 0.5) is 0 Å². The van der Waals surface area contributed by atoms with Crippen molar-refractivity contribution >= 4 is 0 Å². The van der Waals surface area contributed by atoms with E-state index in [1.165, 1.54) is 38.8 Å². The topological polar surface area (TPSA) is 27.7 Å². The Kier molecular flexibility index (Phi) is 4.58. The summed E-state index contributed by atoms with van der Waals surface area (Å²) in [6.45, 7) is 4.64. The standard InChI is InChI=1S/C12H25N3O/c1-14-6-8-15(9-7-14)13-11-4-3-5-12(10-11)16-2/h11-13H,3-10H2,1-2H3. The molecule has 16 heavy (non-hydrogen) atoms. The summed E-state index contributed by atoms with van der Waals surface area (Å²) in [4.78, 5) is 2.39. The number of hydrogen-bond acceptors (Lipinski definition) is 4. The van der Waals surface area contributed by atoms with Crippen LogP contribution in [0.3, 0.4) is 0 Å². The maximum absolute atomic E-state index is 5.46. The Bertz CT molecular complexity index is 204. The van der Waals surface area contributed by atoms with Gasteiger partial charge in [-0.1, -0.05) is 0 Å². The van der Waals surface area contributed by atoms with Gasteiger partial charge in [-0.2, -0.15) is 0 Å².